The average Bonchev–Trinajstić information content (AvgIpc) is 2.65. The maximum absolute atomic E-state index is 5.56. The van der Waals surface area contributed by atoms with Crippen molar-refractivity contribution >= 4 is 41.7 Å². The summed E-state index contributed by atoms with van der Waals surface area (Å²) in [6, 6.07) is 8.45. The Labute approximate surface area is 180 Å². The molecule has 0 aromatic heterocycles. The molecule has 0 bridgehead atoms. The van der Waals surface area contributed by atoms with E-state index in [9.17, 15) is 0 Å². The van der Waals surface area contributed by atoms with E-state index in [-0.39, 0.29) is 30.0 Å². The lowest BCUT2D eigenvalue weighted by Gasteiger charge is -2.35. The van der Waals surface area contributed by atoms with Gasteiger partial charge >= 0.3 is 0 Å². The van der Waals surface area contributed by atoms with E-state index in [1.165, 1.54) is 17.7 Å². The first kappa shape index (κ1) is 23.4. The summed E-state index contributed by atoms with van der Waals surface area (Å²) in [4.78, 5) is 9.13. The van der Waals surface area contributed by atoms with Crippen LogP contribution in [0.1, 0.15) is 24.9 Å². The molecule has 0 spiro atoms. The number of guanidine groups is 1. The molecule has 0 aliphatic carbocycles. The molecule has 1 aromatic rings. The Morgan fingerprint density at radius 1 is 1.42 bits per heavy atom. The molecule has 1 aliphatic heterocycles. The molecule has 2 atom stereocenters. The Kier molecular flexibility index (Phi) is 10.7. The minimum Gasteiger partial charge on any atom is -0.496 e. The maximum Gasteiger partial charge on any atom is 0.193 e. The summed E-state index contributed by atoms with van der Waals surface area (Å²) >= 11 is 2.08. The highest BCUT2D eigenvalue weighted by atomic mass is 127. The number of halogens is 1. The zero-order valence-corrected chi connectivity index (χ0v) is 19.7. The summed E-state index contributed by atoms with van der Waals surface area (Å²) in [7, 11) is 7.81. The monoisotopic (exact) mass is 492 g/mol. The number of hydrogen-bond donors (Lipinski definition) is 1. The summed E-state index contributed by atoms with van der Waals surface area (Å²) in [5.41, 5.74) is 1.19. The number of methoxy groups -OCH3 is 1. The normalized spacial score (nSPS) is 19.1. The first-order valence-corrected chi connectivity index (χ1v) is 10.0. The number of para-hydroxylation sites is 1. The SMILES string of the molecule is CCC1CN(C(=NC)NCC(c2ccccc2OC)N(C)C)CCS1.I. The third-order valence-corrected chi connectivity index (χ3v) is 6.05. The second-order valence-electron chi connectivity index (χ2n) is 6.50. The van der Waals surface area contributed by atoms with Gasteiger partial charge in [-0.05, 0) is 26.6 Å². The van der Waals surface area contributed by atoms with Crippen LogP contribution in [0.4, 0.5) is 0 Å². The van der Waals surface area contributed by atoms with Gasteiger partial charge in [0.15, 0.2) is 5.96 Å². The number of rotatable bonds is 6. The zero-order chi connectivity index (χ0) is 18.2. The largest absolute Gasteiger partial charge is 0.496 e. The van der Waals surface area contributed by atoms with Crippen LogP contribution in [0, 0.1) is 0 Å². The first-order valence-electron chi connectivity index (χ1n) is 8.97. The Morgan fingerprint density at radius 2 is 2.15 bits per heavy atom. The Hall–Kier alpha value is -0.670. The molecule has 7 heteroatoms. The molecule has 2 rings (SSSR count). The lowest BCUT2D eigenvalue weighted by Crippen LogP contribution is -2.49. The minimum atomic E-state index is 0. The molecular formula is C19H33IN4OS. The third kappa shape index (κ3) is 6.20. The first-order chi connectivity index (χ1) is 12.1. The van der Waals surface area contributed by atoms with Gasteiger partial charge < -0.3 is 19.9 Å². The van der Waals surface area contributed by atoms with Crippen molar-refractivity contribution in [3.63, 3.8) is 0 Å². The van der Waals surface area contributed by atoms with Gasteiger partial charge in [0.05, 0.1) is 13.2 Å². The number of aliphatic imine (C=N–C) groups is 1. The fraction of sp³-hybridized carbons (Fsp3) is 0.632. The van der Waals surface area contributed by atoms with Crippen LogP contribution in [0.15, 0.2) is 29.3 Å². The number of thioether (sulfide) groups is 1. The molecule has 1 aromatic carbocycles. The molecule has 1 saturated heterocycles. The van der Waals surface area contributed by atoms with Crippen molar-refractivity contribution in [1.29, 1.82) is 0 Å². The Balaban J connectivity index is 0.00000338. The van der Waals surface area contributed by atoms with Crippen LogP contribution in [0.5, 0.6) is 5.75 Å². The van der Waals surface area contributed by atoms with Crippen molar-refractivity contribution in [2.24, 2.45) is 4.99 Å². The molecule has 0 radical (unpaired) electrons. The van der Waals surface area contributed by atoms with E-state index < -0.39 is 0 Å². The zero-order valence-electron chi connectivity index (χ0n) is 16.6. The Bertz CT molecular complexity index is 570. The van der Waals surface area contributed by atoms with Gasteiger partial charge in [-0.25, -0.2) is 0 Å². The molecule has 1 fully saturated rings. The molecular weight excluding hydrogens is 459 g/mol. The quantitative estimate of drug-likeness (QED) is 0.375. The van der Waals surface area contributed by atoms with Crippen molar-refractivity contribution in [2.45, 2.75) is 24.6 Å². The maximum atomic E-state index is 5.56. The number of benzene rings is 1. The summed E-state index contributed by atoms with van der Waals surface area (Å²) in [6.07, 6.45) is 1.21. The standard InChI is InChI=1S/C19H32N4OS.HI/c1-6-15-14-23(11-12-25-15)19(20-2)21-13-17(22(3)4)16-9-7-8-10-18(16)24-5;/h7-10,15,17H,6,11-14H2,1-5H3,(H,20,21);1H. The topological polar surface area (TPSA) is 40.1 Å². The predicted molar refractivity (Wildman–Crippen MR) is 124 cm³/mol. The molecule has 1 aliphatic rings. The van der Waals surface area contributed by atoms with Gasteiger partial charge in [-0.1, -0.05) is 25.1 Å². The van der Waals surface area contributed by atoms with Crippen LogP contribution < -0.4 is 10.1 Å². The highest BCUT2D eigenvalue weighted by molar-refractivity contribution is 14.0. The Morgan fingerprint density at radius 3 is 2.77 bits per heavy atom. The molecule has 1 N–H and O–H groups in total. The number of nitrogens with zero attached hydrogens (tertiary/aromatic N) is 3. The summed E-state index contributed by atoms with van der Waals surface area (Å²) in [6.45, 7) is 5.19. The summed E-state index contributed by atoms with van der Waals surface area (Å²) in [5.74, 6) is 3.10. The van der Waals surface area contributed by atoms with Crippen molar-refractivity contribution in [3.05, 3.63) is 29.8 Å². The number of hydrogen-bond acceptors (Lipinski definition) is 4. The summed E-state index contributed by atoms with van der Waals surface area (Å²) in [5, 5.41) is 4.28. The van der Waals surface area contributed by atoms with Gasteiger partial charge in [-0.3, -0.25) is 4.99 Å². The number of likely N-dealkylation sites (N-methyl/N-ethyl adjacent to an activating group) is 1. The molecule has 0 amide bonds. The number of ether oxygens (including phenoxy) is 1. The third-order valence-electron chi connectivity index (χ3n) is 4.68. The fourth-order valence-corrected chi connectivity index (χ4v) is 4.37. The minimum absolute atomic E-state index is 0. The van der Waals surface area contributed by atoms with Crippen LogP contribution in [0.3, 0.4) is 0 Å². The van der Waals surface area contributed by atoms with Gasteiger partial charge in [0, 0.05) is 43.2 Å². The van der Waals surface area contributed by atoms with Gasteiger partial charge in [-0.2, -0.15) is 11.8 Å². The van der Waals surface area contributed by atoms with E-state index in [0.29, 0.717) is 5.25 Å². The highest BCUT2D eigenvalue weighted by Gasteiger charge is 2.23. The van der Waals surface area contributed by atoms with Crippen molar-refractivity contribution < 1.29 is 4.74 Å². The molecule has 5 nitrogen and oxygen atoms in total. The van der Waals surface area contributed by atoms with Gasteiger partial charge in [0.1, 0.15) is 5.75 Å². The van der Waals surface area contributed by atoms with Crippen LogP contribution >= 0.6 is 35.7 Å². The van der Waals surface area contributed by atoms with E-state index in [1.54, 1.807) is 7.11 Å². The average molecular weight is 492 g/mol. The van der Waals surface area contributed by atoms with E-state index in [4.69, 9.17) is 4.74 Å². The number of nitrogens with one attached hydrogen (secondary N) is 1. The van der Waals surface area contributed by atoms with E-state index >= 15 is 0 Å². The van der Waals surface area contributed by atoms with Crippen molar-refractivity contribution in [3.8, 4) is 5.75 Å². The van der Waals surface area contributed by atoms with Crippen LogP contribution in [0.25, 0.3) is 0 Å². The van der Waals surface area contributed by atoms with E-state index in [1.807, 2.05) is 19.2 Å². The smallest absolute Gasteiger partial charge is 0.193 e. The van der Waals surface area contributed by atoms with Crippen LogP contribution in [-0.2, 0) is 0 Å². The van der Waals surface area contributed by atoms with Gasteiger partial charge in [-0.15, -0.1) is 24.0 Å². The van der Waals surface area contributed by atoms with E-state index in [2.05, 4.69) is 65.0 Å². The van der Waals surface area contributed by atoms with Crippen molar-refractivity contribution in [2.75, 3.05) is 53.6 Å². The second kappa shape index (κ2) is 11.9. The lowest BCUT2D eigenvalue weighted by atomic mass is 10.0. The van der Waals surface area contributed by atoms with Gasteiger partial charge in [0.25, 0.3) is 0 Å². The molecule has 0 saturated carbocycles. The van der Waals surface area contributed by atoms with Crippen molar-refractivity contribution in [1.82, 2.24) is 15.1 Å². The summed E-state index contributed by atoms with van der Waals surface area (Å²) < 4.78 is 5.56. The molecule has 26 heavy (non-hydrogen) atoms. The van der Waals surface area contributed by atoms with Crippen LogP contribution in [0.2, 0.25) is 0 Å². The van der Waals surface area contributed by atoms with E-state index in [0.717, 1.165) is 31.3 Å². The molecule has 148 valence electrons. The molecule has 1 heterocycles. The molecule has 2 unspecified atom stereocenters. The highest BCUT2D eigenvalue weighted by Crippen LogP contribution is 2.27. The lowest BCUT2D eigenvalue weighted by molar-refractivity contribution is 0.284. The predicted octanol–water partition coefficient (Wildman–Crippen LogP) is 3.32. The fourth-order valence-electron chi connectivity index (χ4n) is 3.19. The van der Waals surface area contributed by atoms with Gasteiger partial charge in [0.2, 0.25) is 0 Å². The van der Waals surface area contributed by atoms with Crippen LogP contribution in [-0.4, -0.2) is 74.6 Å². The second-order valence-corrected chi connectivity index (χ2v) is 7.90.